The number of rotatable bonds is 2. The molecule has 0 radical (unpaired) electrons. The molecule has 2 aromatic carbocycles. The van der Waals surface area contributed by atoms with Gasteiger partial charge in [0, 0.05) is 5.56 Å². The van der Waals surface area contributed by atoms with Gasteiger partial charge in [-0.2, -0.15) is 4.68 Å². The number of hydrogen-bond acceptors (Lipinski definition) is 5. The van der Waals surface area contributed by atoms with Crippen molar-refractivity contribution < 1.29 is 38.7 Å². The van der Waals surface area contributed by atoms with Gasteiger partial charge >= 0.3 is 0 Å². The van der Waals surface area contributed by atoms with Gasteiger partial charge in [-0.05, 0) is 12.1 Å². The summed E-state index contributed by atoms with van der Waals surface area (Å²) in [6, 6.07) is 19.9. The maximum absolute atomic E-state index is 10.7. The largest absolute Gasteiger partial charge is 0.501 e. The van der Waals surface area contributed by atoms with Crippen LogP contribution in [-0.2, 0) is 14.1 Å². The normalized spacial score (nSPS) is 11.0. The summed E-state index contributed by atoms with van der Waals surface area (Å²) in [6.45, 7) is 0. The molecule has 0 aliphatic carbocycles. The number of aromatic nitrogens is 2. The van der Waals surface area contributed by atoms with Gasteiger partial charge in [0.05, 0.1) is 12.6 Å². The summed E-state index contributed by atoms with van der Waals surface area (Å²) in [6.07, 6.45) is 0. The van der Waals surface area contributed by atoms with Crippen LogP contribution in [0, 0.1) is 10.2 Å². The van der Waals surface area contributed by atoms with E-state index >= 15 is 0 Å². The molecule has 0 aliphatic heterocycles. The van der Waals surface area contributed by atoms with E-state index in [0.29, 0.717) is 5.75 Å². The molecule has 0 bridgehead atoms. The average Bonchev–Trinajstić information content (AvgIpc) is 2.77. The molecule has 0 unspecified atom stereocenters. The van der Waals surface area contributed by atoms with E-state index < -0.39 is 10.2 Å². The Kier molecular flexibility index (Phi) is 5.78. The van der Waals surface area contributed by atoms with Gasteiger partial charge in [0.15, 0.2) is 12.7 Å². The van der Waals surface area contributed by atoms with Crippen LogP contribution in [0.5, 0.6) is 5.75 Å². The molecule has 3 rings (SSSR count). The summed E-state index contributed by atoms with van der Waals surface area (Å²) in [5, 5.41) is 10.7. The standard InChI is InChI=1S/C17H16N2O.ClHO4/c1-18-15(13-9-5-3-6-10-13)17(20)16(19(18)2)14-11-7-4-8-12-14;2-1(3,4)5/h3-12H,1-2H3;(H,2,3,4,5). The summed E-state index contributed by atoms with van der Waals surface area (Å²) >= 11 is 0. The van der Waals surface area contributed by atoms with Crippen LogP contribution < -0.4 is 23.3 Å². The zero-order valence-corrected chi connectivity index (χ0v) is 14.4. The van der Waals surface area contributed by atoms with Gasteiger partial charge in [-0.3, -0.25) is 0 Å². The second kappa shape index (κ2) is 7.64. The lowest BCUT2D eigenvalue weighted by molar-refractivity contribution is -2.00. The Morgan fingerprint density at radius 1 is 0.840 bits per heavy atom. The second-order valence-electron chi connectivity index (χ2n) is 5.20. The molecule has 0 amide bonds. The van der Waals surface area contributed by atoms with E-state index in [1.807, 2.05) is 84.1 Å². The molecule has 132 valence electrons. The van der Waals surface area contributed by atoms with E-state index in [4.69, 9.17) is 18.6 Å². The third kappa shape index (κ3) is 4.79. The van der Waals surface area contributed by atoms with Crippen LogP contribution in [0.2, 0.25) is 0 Å². The number of nitrogens with zero attached hydrogens (tertiary/aromatic N) is 2. The van der Waals surface area contributed by atoms with Crippen LogP contribution >= 0.6 is 0 Å². The fourth-order valence-electron chi connectivity index (χ4n) is 2.56. The summed E-state index contributed by atoms with van der Waals surface area (Å²) in [5.74, 6) is 0.312. The van der Waals surface area contributed by atoms with Crippen molar-refractivity contribution in [2.45, 2.75) is 0 Å². The van der Waals surface area contributed by atoms with E-state index in [1.165, 1.54) is 0 Å². The fourth-order valence-corrected chi connectivity index (χ4v) is 2.56. The molecule has 1 aromatic heterocycles. The fraction of sp³-hybridized carbons (Fsp3) is 0.118. The monoisotopic (exact) mass is 364 g/mol. The van der Waals surface area contributed by atoms with Crippen LogP contribution in [-0.4, -0.2) is 9.79 Å². The van der Waals surface area contributed by atoms with E-state index in [-0.39, 0.29) is 0 Å². The van der Waals surface area contributed by atoms with Crippen molar-refractivity contribution in [1.29, 1.82) is 0 Å². The Labute approximate surface area is 147 Å². The molecule has 0 spiro atoms. The molecule has 0 atom stereocenters. The van der Waals surface area contributed by atoms with Crippen LogP contribution in [0.4, 0.5) is 0 Å². The molecule has 0 saturated heterocycles. The lowest BCUT2D eigenvalue weighted by Crippen LogP contribution is -2.68. The number of halogens is 1. The second-order valence-corrected chi connectivity index (χ2v) is 5.96. The molecule has 1 heterocycles. The van der Waals surface area contributed by atoms with Gasteiger partial charge in [0.1, 0.15) is 0 Å². The van der Waals surface area contributed by atoms with Gasteiger partial charge in [-0.25, -0.2) is 18.6 Å². The maximum Gasteiger partial charge on any atom is 0.280 e. The van der Waals surface area contributed by atoms with Crippen LogP contribution in [0.25, 0.3) is 22.5 Å². The molecule has 8 heteroatoms. The first-order valence-corrected chi connectivity index (χ1v) is 8.44. The molecule has 25 heavy (non-hydrogen) atoms. The first kappa shape index (κ1) is 18.9. The van der Waals surface area contributed by atoms with Gasteiger partial charge in [-0.15, -0.1) is 14.9 Å². The lowest BCUT2D eigenvalue weighted by atomic mass is 10.1. The first-order valence-electron chi connectivity index (χ1n) is 7.20. The minimum Gasteiger partial charge on any atom is -0.501 e. The minimum absolute atomic E-state index is 0.312. The quantitative estimate of drug-likeness (QED) is 0.534. The van der Waals surface area contributed by atoms with Gasteiger partial charge in [-0.1, -0.05) is 48.5 Å². The van der Waals surface area contributed by atoms with Crippen molar-refractivity contribution >= 4 is 0 Å². The van der Waals surface area contributed by atoms with Gasteiger partial charge < -0.3 is 5.11 Å². The Morgan fingerprint density at radius 2 is 1.24 bits per heavy atom. The SMILES string of the molecule is Cn1c(-c2ccccc2)c(O)c(-c2ccccc2)[n+]1C.[O-][Cl+3]([O-])([O-])[O-]. The van der Waals surface area contributed by atoms with Crippen LogP contribution in [0.1, 0.15) is 0 Å². The highest BCUT2D eigenvalue weighted by molar-refractivity contribution is 5.75. The average molecular weight is 365 g/mol. The molecule has 0 aliphatic rings. The maximum atomic E-state index is 10.7. The highest BCUT2D eigenvalue weighted by Gasteiger charge is 2.27. The van der Waals surface area contributed by atoms with Gasteiger partial charge in [0.25, 0.3) is 5.69 Å². The Balaban J connectivity index is 0.000000399. The smallest absolute Gasteiger partial charge is 0.280 e. The summed E-state index contributed by atoms with van der Waals surface area (Å²) in [4.78, 5) is 0. The third-order valence-corrected chi connectivity index (χ3v) is 3.64. The van der Waals surface area contributed by atoms with E-state index in [2.05, 4.69) is 0 Å². The molecule has 0 fully saturated rings. The summed E-state index contributed by atoms with van der Waals surface area (Å²) < 4.78 is 37.9. The Hall–Kier alpha value is -2.42. The molecule has 0 saturated carbocycles. The molecule has 7 nitrogen and oxygen atoms in total. The highest BCUT2D eigenvalue weighted by Crippen LogP contribution is 2.35. The molecule has 3 aromatic rings. The van der Waals surface area contributed by atoms with Crippen molar-refractivity contribution in [1.82, 2.24) is 4.68 Å². The Morgan fingerprint density at radius 3 is 1.68 bits per heavy atom. The topological polar surface area (TPSA) is 121 Å². The zero-order valence-electron chi connectivity index (χ0n) is 13.6. The predicted octanol–water partition coefficient (Wildman–Crippen LogP) is -1.87. The zero-order chi connectivity index (χ0) is 18.6. The molecule has 1 N–H and O–H groups in total. The molecular weight excluding hydrogens is 348 g/mol. The Bertz CT molecular complexity index is 761. The van der Waals surface area contributed by atoms with E-state index in [1.54, 1.807) is 0 Å². The number of hydrogen-bond donors (Lipinski definition) is 1. The summed E-state index contributed by atoms with van der Waals surface area (Å²) in [5.41, 5.74) is 3.66. The number of aromatic hydroxyl groups is 1. The van der Waals surface area contributed by atoms with Crippen molar-refractivity contribution in [2.24, 2.45) is 14.1 Å². The van der Waals surface area contributed by atoms with Crippen LogP contribution in [0.15, 0.2) is 60.7 Å². The number of benzene rings is 2. The van der Waals surface area contributed by atoms with Crippen molar-refractivity contribution in [2.75, 3.05) is 0 Å². The van der Waals surface area contributed by atoms with Crippen LogP contribution in [0.3, 0.4) is 0 Å². The minimum atomic E-state index is -4.94. The lowest BCUT2D eigenvalue weighted by Gasteiger charge is -2.17. The van der Waals surface area contributed by atoms with Crippen molar-refractivity contribution in [3.05, 3.63) is 60.7 Å². The first-order chi connectivity index (χ1) is 11.7. The van der Waals surface area contributed by atoms with E-state index in [9.17, 15) is 5.11 Å². The predicted molar refractivity (Wildman–Crippen MR) is 79.1 cm³/mol. The van der Waals surface area contributed by atoms with Crippen molar-refractivity contribution in [3.8, 4) is 28.3 Å². The summed E-state index contributed by atoms with van der Waals surface area (Å²) in [7, 11) is -1.04. The third-order valence-electron chi connectivity index (χ3n) is 3.64. The van der Waals surface area contributed by atoms with Crippen molar-refractivity contribution in [3.63, 3.8) is 0 Å². The molecular formula is C17H17ClN2O5. The van der Waals surface area contributed by atoms with Gasteiger partial charge in [0.2, 0.25) is 5.75 Å². The highest BCUT2D eigenvalue weighted by atomic mass is 35.7. The van der Waals surface area contributed by atoms with E-state index in [0.717, 1.165) is 22.5 Å².